The van der Waals surface area contributed by atoms with Crippen LogP contribution in [0.3, 0.4) is 0 Å². The van der Waals surface area contributed by atoms with Crippen LogP contribution in [0.1, 0.15) is 16.8 Å². The molecule has 0 bridgehead atoms. The molecule has 31 heavy (non-hydrogen) atoms. The number of benzene rings is 1. The average Bonchev–Trinajstić information content (AvgIpc) is 2.78. The van der Waals surface area contributed by atoms with E-state index >= 15 is 0 Å². The predicted octanol–water partition coefficient (Wildman–Crippen LogP) is 3.10. The van der Waals surface area contributed by atoms with Crippen molar-refractivity contribution in [1.82, 2.24) is 19.9 Å². The van der Waals surface area contributed by atoms with Crippen LogP contribution in [-0.2, 0) is 6.54 Å². The van der Waals surface area contributed by atoms with Crippen LogP contribution < -0.4 is 15.1 Å². The van der Waals surface area contributed by atoms with Crippen LogP contribution in [0.2, 0.25) is 5.02 Å². The largest absolute Gasteiger partial charge is 0.365 e. The molecule has 0 saturated heterocycles. The first-order valence-electron chi connectivity index (χ1n) is 9.42. The van der Waals surface area contributed by atoms with E-state index in [1.807, 2.05) is 14.1 Å². The van der Waals surface area contributed by atoms with Crippen molar-refractivity contribution in [3.05, 3.63) is 64.2 Å². The van der Waals surface area contributed by atoms with E-state index in [2.05, 4.69) is 37.1 Å². The number of rotatable bonds is 3. The van der Waals surface area contributed by atoms with Crippen LogP contribution in [0.25, 0.3) is 0 Å². The van der Waals surface area contributed by atoms with Gasteiger partial charge in [0.2, 0.25) is 5.95 Å². The second kappa shape index (κ2) is 8.70. The predicted molar refractivity (Wildman–Crippen MR) is 115 cm³/mol. The highest BCUT2D eigenvalue weighted by molar-refractivity contribution is 6.31. The first-order valence-corrected chi connectivity index (χ1v) is 9.80. The van der Waals surface area contributed by atoms with Crippen molar-refractivity contribution in [2.24, 2.45) is 0 Å². The fourth-order valence-electron chi connectivity index (χ4n) is 3.01. The minimum atomic E-state index is -0.665. The molecule has 0 aliphatic carbocycles. The third kappa shape index (κ3) is 4.49. The van der Waals surface area contributed by atoms with Crippen LogP contribution in [-0.4, -0.2) is 47.1 Å². The molecule has 2 aromatic heterocycles. The molecule has 1 aliphatic heterocycles. The summed E-state index contributed by atoms with van der Waals surface area (Å²) in [6.45, 7) is 1.16. The lowest BCUT2D eigenvalue weighted by Gasteiger charge is -2.30. The van der Waals surface area contributed by atoms with Gasteiger partial charge in [-0.3, -0.25) is 0 Å². The highest BCUT2D eigenvalue weighted by Crippen LogP contribution is 2.30. The van der Waals surface area contributed by atoms with E-state index in [0.29, 0.717) is 41.9 Å². The standard InChI is InChI=1S/C21H18ClF2N7/c1-30(2)21-27-9-13(10-28-21)3-4-14-11-26-19-20(29-14)31(8-7-25-19)12-15-16(23)5-6-17(24)18(15)22/h5-6,9-11H,7-8,12H2,1-2H3,(H,25,26). The van der Waals surface area contributed by atoms with Gasteiger partial charge in [-0.05, 0) is 18.1 Å². The maximum absolute atomic E-state index is 14.3. The molecule has 0 atom stereocenters. The van der Waals surface area contributed by atoms with E-state index < -0.39 is 11.6 Å². The normalized spacial score (nSPS) is 12.5. The van der Waals surface area contributed by atoms with E-state index in [0.717, 1.165) is 12.1 Å². The van der Waals surface area contributed by atoms with Gasteiger partial charge < -0.3 is 15.1 Å². The molecule has 1 aromatic carbocycles. The summed E-state index contributed by atoms with van der Waals surface area (Å²) in [5, 5.41) is 2.92. The minimum absolute atomic E-state index is 0.0580. The Morgan fingerprint density at radius 2 is 1.84 bits per heavy atom. The summed E-state index contributed by atoms with van der Waals surface area (Å²) in [6, 6.07) is 2.08. The Hall–Kier alpha value is -3.51. The molecule has 1 aliphatic rings. The Labute approximate surface area is 183 Å². The second-order valence-corrected chi connectivity index (χ2v) is 7.39. The fraction of sp³-hybridized carbons (Fsp3) is 0.238. The Morgan fingerprint density at radius 3 is 2.58 bits per heavy atom. The molecule has 0 radical (unpaired) electrons. The summed E-state index contributed by atoms with van der Waals surface area (Å²) < 4.78 is 28.1. The van der Waals surface area contributed by atoms with Gasteiger partial charge in [-0.2, -0.15) is 0 Å². The van der Waals surface area contributed by atoms with Gasteiger partial charge in [0, 0.05) is 51.7 Å². The van der Waals surface area contributed by atoms with E-state index in [-0.39, 0.29) is 17.1 Å². The fourth-order valence-corrected chi connectivity index (χ4v) is 3.22. The van der Waals surface area contributed by atoms with E-state index in [1.165, 1.54) is 0 Å². The number of fused-ring (bicyclic) bond motifs is 1. The maximum atomic E-state index is 14.3. The molecule has 0 spiro atoms. The molecule has 10 heteroatoms. The molecule has 4 rings (SSSR count). The lowest BCUT2D eigenvalue weighted by atomic mass is 10.1. The molecule has 0 saturated carbocycles. The number of halogens is 3. The zero-order valence-electron chi connectivity index (χ0n) is 16.8. The Balaban J connectivity index is 1.61. The van der Waals surface area contributed by atoms with Gasteiger partial charge in [-0.1, -0.05) is 17.5 Å². The van der Waals surface area contributed by atoms with Gasteiger partial charge in [0.15, 0.2) is 11.6 Å². The summed E-state index contributed by atoms with van der Waals surface area (Å²) in [6.07, 6.45) is 4.81. The van der Waals surface area contributed by atoms with Crippen molar-refractivity contribution in [3.8, 4) is 11.8 Å². The van der Waals surface area contributed by atoms with Gasteiger partial charge >= 0.3 is 0 Å². The second-order valence-electron chi connectivity index (χ2n) is 7.01. The smallest absolute Gasteiger partial charge is 0.224 e. The quantitative estimate of drug-likeness (QED) is 0.494. The van der Waals surface area contributed by atoms with E-state index in [1.54, 1.807) is 28.4 Å². The number of anilines is 3. The van der Waals surface area contributed by atoms with Gasteiger partial charge in [-0.25, -0.2) is 28.7 Å². The topological polar surface area (TPSA) is 70.1 Å². The molecule has 3 aromatic rings. The first kappa shape index (κ1) is 20.8. The lowest BCUT2D eigenvalue weighted by Crippen LogP contribution is -2.35. The number of nitrogens with one attached hydrogen (secondary N) is 1. The number of aromatic nitrogens is 4. The summed E-state index contributed by atoms with van der Waals surface area (Å²) in [4.78, 5) is 21.0. The Kier molecular flexibility index (Phi) is 5.82. The molecule has 1 N–H and O–H groups in total. The zero-order chi connectivity index (χ0) is 22.0. The summed E-state index contributed by atoms with van der Waals surface area (Å²) in [7, 11) is 3.71. The van der Waals surface area contributed by atoms with E-state index in [4.69, 9.17) is 11.6 Å². The van der Waals surface area contributed by atoms with Gasteiger partial charge in [0.25, 0.3) is 0 Å². The molecular formula is C21H18ClF2N7. The molecule has 7 nitrogen and oxygen atoms in total. The summed E-state index contributed by atoms with van der Waals surface area (Å²) >= 11 is 5.99. The molecule has 158 valence electrons. The zero-order valence-corrected chi connectivity index (χ0v) is 17.6. The Morgan fingerprint density at radius 1 is 1.10 bits per heavy atom. The molecule has 3 heterocycles. The number of hydrogen-bond donors (Lipinski definition) is 1. The molecule has 0 unspecified atom stereocenters. The average molecular weight is 442 g/mol. The van der Waals surface area contributed by atoms with Crippen molar-refractivity contribution in [1.29, 1.82) is 0 Å². The van der Waals surface area contributed by atoms with Gasteiger partial charge in [0.05, 0.1) is 16.8 Å². The van der Waals surface area contributed by atoms with E-state index in [9.17, 15) is 8.78 Å². The van der Waals surface area contributed by atoms with Gasteiger partial charge in [0.1, 0.15) is 17.3 Å². The SMILES string of the molecule is CN(C)c1ncc(C#Cc2cnc3c(n2)N(Cc2c(F)ccc(F)c2Cl)CCN3)cn1. The molecule has 0 fully saturated rings. The minimum Gasteiger partial charge on any atom is -0.365 e. The molecule has 0 amide bonds. The highest BCUT2D eigenvalue weighted by atomic mass is 35.5. The first-order chi connectivity index (χ1) is 14.9. The highest BCUT2D eigenvalue weighted by Gasteiger charge is 2.23. The number of hydrogen-bond acceptors (Lipinski definition) is 7. The van der Waals surface area contributed by atoms with Crippen LogP contribution in [0, 0.1) is 23.5 Å². The third-order valence-electron chi connectivity index (χ3n) is 4.59. The third-order valence-corrected chi connectivity index (χ3v) is 5.00. The van der Waals surface area contributed by atoms with Crippen molar-refractivity contribution >= 4 is 29.2 Å². The van der Waals surface area contributed by atoms with Crippen molar-refractivity contribution in [2.45, 2.75) is 6.54 Å². The van der Waals surface area contributed by atoms with Crippen molar-refractivity contribution in [2.75, 3.05) is 42.3 Å². The van der Waals surface area contributed by atoms with Crippen LogP contribution >= 0.6 is 11.6 Å². The summed E-state index contributed by atoms with van der Waals surface area (Å²) in [5.74, 6) is 6.29. The van der Waals surface area contributed by atoms with Crippen LogP contribution in [0.4, 0.5) is 26.4 Å². The maximum Gasteiger partial charge on any atom is 0.224 e. The van der Waals surface area contributed by atoms with Crippen LogP contribution in [0.5, 0.6) is 0 Å². The van der Waals surface area contributed by atoms with Crippen LogP contribution in [0.15, 0.2) is 30.7 Å². The summed E-state index contributed by atoms with van der Waals surface area (Å²) in [5.41, 5.74) is 1.13. The van der Waals surface area contributed by atoms with Gasteiger partial charge in [-0.15, -0.1) is 0 Å². The Bertz CT molecular complexity index is 1170. The van der Waals surface area contributed by atoms with Crippen molar-refractivity contribution < 1.29 is 8.78 Å². The molecular weight excluding hydrogens is 424 g/mol. The number of nitrogens with zero attached hydrogens (tertiary/aromatic N) is 6. The lowest BCUT2D eigenvalue weighted by molar-refractivity contribution is 0.580. The van der Waals surface area contributed by atoms with Crippen molar-refractivity contribution in [3.63, 3.8) is 0 Å². The monoisotopic (exact) mass is 441 g/mol.